The van der Waals surface area contributed by atoms with E-state index in [9.17, 15) is 0 Å². The number of aromatic nitrogens is 2. The summed E-state index contributed by atoms with van der Waals surface area (Å²) in [5, 5.41) is 3.67. The highest BCUT2D eigenvalue weighted by atomic mass is 15.1. The molecule has 3 nitrogen and oxygen atoms in total. The fourth-order valence-corrected chi connectivity index (χ4v) is 3.05. The van der Waals surface area contributed by atoms with Crippen molar-refractivity contribution in [3.8, 4) is 0 Å². The Morgan fingerprint density at radius 2 is 1.74 bits per heavy atom. The number of imidazole rings is 1. The first-order chi connectivity index (χ1) is 11.1. The molecule has 3 rings (SSSR count). The monoisotopic (exact) mass is 305 g/mol. The third-order valence-electron chi connectivity index (χ3n) is 4.04. The van der Waals surface area contributed by atoms with Crippen molar-refractivity contribution >= 4 is 0 Å². The molecule has 1 atom stereocenters. The van der Waals surface area contributed by atoms with E-state index < -0.39 is 0 Å². The van der Waals surface area contributed by atoms with Crippen molar-refractivity contribution in [3.05, 3.63) is 89.0 Å². The van der Waals surface area contributed by atoms with E-state index in [1.807, 2.05) is 25.5 Å². The standard InChI is InChI=1S/C20H23N3/c1-15-11-16(2)13-17(12-15)14-22-19(18-7-5-4-6-8-18)20-21-9-10-23(20)3/h4-13,19,22H,14H2,1-3H3/t19-/m1/s1. The van der Waals surface area contributed by atoms with Crippen LogP contribution in [0.5, 0.6) is 0 Å². The van der Waals surface area contributed by atoms with Gasteiger partial charge in [-0.15, -0.1) is 0 Å². The van der Waals surface area contributed by atoms with E-state index in [4.69, 9.17) is 0 Å². The predicted molar refractivity (Wildman–Crippen MR) is 94.2 cm³/mol. The molecule has 0 aliphatic rings. The fourth-order valence-electron chi connectivity index (χ4n) is 3.05. The maximum Gasteiger partial charge on any atom is 0.130 e. The number of hydrogen-bond donors (Lipinski definition) is 1. The van der Waals surface area contributed by atoms with Crippen molar-refractivity contribution in [1.82, 2.24) is 14.9 Å². The van der Waals surface area contributed by atoms with Crippen LogP contribution in [0.3, 0.4) is 0 Å². The van der Waals surface area contributed by atoms with Gasteiger partial charge in [-0.2, -0.15) is 0 Å². The average Bonchev–Trinajstić information content (AvgIpc) is 2.94. The summed E-state index contributed by atoms with van der Waals surface area (Å²) in [4.78, 5) is 4.54. The van der Waals surface area contributed by atoms with Crippen molar-refractivity contribution < 1.29 is 0 Å². The van der Waals surface area contributed by atoms with Gasteiger partial charge < -0.3 is 4.57 Å². The molecule has 3 heteroatoms. The van der Waals surface area contributed by atoms with Gasteiger partial charge in [0.15, 0.2) is 0 Å². The number of rotatable bonds is 5. The first-order valence-electron chi connectivity index (χ1n) is 7.96. The van der Waals surface area contributed by atoms with Crippen LogP contribution in [-0.4, -0.2) is 9.55 Å². The molecule has 2 aromatic carbocycles. The van der Waals surface area contributed by atoms with Crippen molar-refractivity contribution in [2.45, 2.75) is 26.4 Å². The molecule has 1 heterocycles. The van der Waals surface area contributed by atoms with Gasteiger partial charge in [0.05, 0.1) is 6.04 Å². The minimum absolute atomic E-state index is 0.0806. The Labute approximate surface area is 138 Å². The Balaban J connectivity index is 1.86. The topological polar surface area (TPSA) is 29.9 Å². The average molecular weight is 305 g/mol. The molecule has 1 aromatic heterocycles. The van der Waals surface area contributed by atoms with Crippen LogP contribution in [0.25, 0.3) is 0 Å². The van der Waals surface area contributed by atoms with Crippen molar-refractivity contribution in [2.24, 2.45) is 7.05 Å². The lowest BCUT2D eigenvalue weighted by Crippen LogP contribution is -2.24. The highest BCUT2D eigenvalue weighted by Gasteiger charge is 2.17. The van der Waals surface area contributed by atoms with Gasteiger partial charge in [0.1, 0.15) is 5.82 Å². The smallest absolute Gasteiger partial charge is 0.130 e. The predicted octanol–water partition coefficient (Wildman–Crippen LogP) is 3.92. The molecule has 0 bridgehead atoms. The van der Waals surface area contributed by atoms with Gasteiger partial charge in [-0.25, -0.2) is 4.98 Å². The lowest BCUT2D eigenvalue weighted by Gasteiger charge is -2.19. The van der Waals surface area contributed by atoms with Crippen LogP contribution >= 0.6 is 0 Å². The van der Waals surface area contributed by atoms with Crippen LogP contribution in [-0.2, 0) is 13.6 Å². The molecule has 23 heavy (non-hydrogen) atoms. The van der Waals surface area contributed by atoms with E-state index in [1.54, 1.807) is 0 Å². The first kappa shape index (κ1) is 15.5. The third kappa shape index (κ3) is 3.69. The zero-order valence-corrected chi connectivity index (χ0v) is 14.0. The highest BCUT2D eigenvalue weighted by molar-refractivity contribution is 5.30. The molecule has 1 N–H and O–H groups in total. The molecule has 0 aliphatic carbocycles. The van der Waals surface area contributed by atoms with Crippen LogP contribution in [0.4, 0.5) is 0 Å². The van der Waals surface area contributed by atoms with Gasteiger partial charge >= 0.3 is 0 Å². The van der Waals surface area contributed by atoms with Crippen molar-refractivity contribution in [1.29, 1.82) is 0 Å². The summed E-state index contributed by atoms with van der Waals surface area (Å²) in [7, 11) is 2.04. The minimum Gasteiger partial charge on any atom is -0.336 e. The Morgan fingerprint density at radius 1 is 1.04 bits per heavy atom. The lowest BCUT2D eigenvalue weighted by atomic mass is 10.0. The molecule has 118 valence electrons. The van der Waals surface area contributed by atoms with Crippen LogP contribution in [0.15, 0.2) is 60.9 Å². The molecule has 0 fully saturated rings. The number of hydrogen-bond acceptors (Lipinski definition) is 2. The SMILES string of the molecule is Cc1cc(C)cc(CN[C@H](c2ccccc2)c2nccn2C)c1. The quantitative estimate of drug-likeness (QED) is 0.774. The van der Waals surface area contributed by atoms with Gasteiger partial charge in [-0.1, -0.05) is 59.7 Å². The molecular formula is C20H23N3. The first-order valence-corrected chi connectivity index (χ1v) is 7.96. The Hall–Kier alpha value is -2.39. The second kappa shape index (κ2) is 6.80. The second-order valence-corrected chi connectivity index (χ2v) is 6.12. The van der Waals surface area contributed by atoms with Crippen molar-refractivity contribution in [2.75, 3.05) is 0 Å². The Bertz CT molecular complexity index is 754. The Kier molecular flexibility index (Phi) is 4.58. The van der Waals surface area contributed by atoms with Crippen LogP contribution in [0.2, 0.25) is 0 Å². The highest BCUT2D eigenvalue weighted by Crippen LogP contribution is 2.21. The number of nitrogens with one attached hydrogen (secondary N) is 1. The van der Waals surface area contributed by atoms with Gasteiger partial charge in [-0.3, -0.25) is 5.32 Å². The normalized spacial score (nSPS) is 12.3. The molecule has 0 aliphatic heterocycles. The number of benzene rings is 2. The summed E-state index contributed by atoms with van der Waals surface area (Å²) in [5.74, 6) is 1.03. The van der Waals surface area contributed by atoms with Gasteiger partial charge in [0.2, 0.25) is 0 Å². The molecule has 0 saturated carbocycles. The van der Waals surface area contributed by atoms with E-state index in [1.165, 1.54) is 22.3 Å². The summed E-state index contributed by atoms with van der Waals surface area (Å²) >= 11 is 0. The zero-order chi connectivity index (χ0) is 16.2. The Morgan fingerprint density at radius 3 is 2.35 bits per heavy atom. The number of nitrogens with zero attached hydrogens (tertiary/aromatic N) is 2. The molecule has 0 spiro atoms. The largest absolute Gasteiger partial charge is 0.336 e. The van der Waals surface area contributed by atoms with Gasteiger partial charge in [0, 0.05) is 26.0 Å². The lowest BCUT2D eigenvalue weighted by molar-refractivity contribution is 0.558. The summed E-state index contributed by atoms with van der Waals surface area (Å²) in [6.45, 7) is 5.10. The van der Waals surface area contributed by atoms with E-state index in [-0.39, 0.29) is 6.04 Å². The zero-order valence-electron chi connectivity index (χ0n) is 14.0. The number of aryl methyl sites for hydroxylation is 3. The van der Waals surface area contributed by atoms with Crippen LogP contribution in [0, 0.1) is 13.8 Å². The molecular weight excluding hydrogens is 282 g/mol. The van der Waals surface area contributed by atoms with E-state index in [2.05, 4.69) is 71.2 Å². The van der Waals surface area contributed by atoms with Gasteiger partial charge in [0.25, 0.3) is 0 Å². The summed E-state index contributed by atoms with van der Waals surface area (Å²) < 4.78 is 2.08. The van der Waals surface area contributed by atoms with E-state index >= 15 is 0 Å². The molecule has 0 radical (unpaired) electrons. The summed E-state index contributed by atoms with van der Waals surface area (Å²) in [6.07, 6.45) is 3.84. The molecule has 0 amide bonds. The molecule has 0 saturated heterocycles. The maximum atomic E-state index is 4.54. The molecule has 0 unspecified atom stereocenters. The minimum atomic E-state index is 0.0806. The van der Waals surface area contributed by atoms with Crippen molar-refractivity contribution in [3.63, 3.8) is 0 Å². The fraction of sp³-hybridized carbons (Fsp3) is 0.250. The van der Waals surface area contributed by atoms with Crippen LogP contribution < -0.4 is 5.32 Å². The van der Waals surface area contributed by atoms with E-state index in [0.717, 1.165) is 12.4 Å². The summed E-state index contributed by atoms with van der Waals surface area (Å²) in [6, 6.07) is 17.2. The maximum absolute atomic E-state index is 4.54. The third-order valence-corrected chi connectivity index (χ3v) is 4.04. The molecule has 3 aromatic rings. The van der Waals surface area contributed by atoms with Crippen LogP contribution in [0.1, 0.15) is 34.1 Å². The van der Waals surface area contributed by atoms with Gasteiger partial charge in [-0.05, 0) is 25.0 Å². The summed E-state index contributed by atoms with van der Waals surface area (Å²) in [5.41, 5.74) is 5.13. The second-order valence-electron chi connectivity index (χ2n) is 6.12. The van der Waals surface area contributed by atoms with E-state index in [0.29, 0.717) is 0 Å².